The number of urea groups is 1. The van der Waals surface area contributed by atoms with E-state index in [1.807, 2.05) is 6.92 Å². The first-order valence-electron chi connectivity index (χ1n) is 8.91. The number of hydrogen-bond donors (Lipinski definition) is 0. The smallest absolute Gasteiger partial charge is 0.319 e. The Balaban J connectivity index is 2.15. The number of halogens is 1. The van der Waals surface area contributed by atoms with Crippen molar-refractivity contribution >= 4 is 11.9 Å². The summed E-state index contributed by atoms with van der Waals surface area (Å²) < 4.78 is 18.5. The van der Waals surface area contributed by atoms with E-state index in [4.69, 9.17) is 4.42 Å². The molecule has 2 rings (SSSR count). The Kier molecular flexibility index (Phi) is 7.40. The van der Waals surface area contributed by atoms with Crippen LogP contribution in [0.1, 0.15) is 24.7 Å². The number of carbonyl (C=O) groups is 2. The first-order chi connectivity index (χ1) is 12.9. The molecule has 3 amide bonds. The van der Waals surface area contributed by atoms with Crippen molar-refractivity contribution in [2.45, 2.75) is 26.4 Å². The highest BCUT2D eigenvalue weighted by Crippen LogP contribution is 2.13. The van der Waals surface area contributed by atoms with E-state index in [9.17, 15) is 14.0 Å². The molecule has 27 heavy (non-hydrogen) atoms. The fourth-order valence-corrected chi connectivity index (χ4v) is 2.69. The van der Waals surface area contributed by atoms with E-state index < -0.39 is 0 Å². The number of amides is 3. The molecule has 0 spiro atoms. The molecular formula is C20H26FN3O3. The zero-order valence-electron chi connectivity index (χ0n) is 16.0. The lowest BCUT2D eigenvalue weighted by molar-refractivity contribution is -0.133. The molecule has 0 bridgehead atoms. The Hall–Kier alpha value is -2.83. The van der Waals surface area contributed by atoms with Gasteiger partial charge < -0.3 is 19.1 Å². The molecule has 1 heterocycles. The summed E-state index contributed by atoms with van der Waals surface area (Å²) in [6.07, 6.45) is 2.30. The average molecular weight is 375 g/mol. The lowest BCUT2D eigenvalue weighted by Gasteiger charge is -2.29. The number of benzene rings is 1. The molecule has 0 atom stereocenters. The minimum atomic E-state index is -0.326. The van der Waals surface area contributed by atoms with Gasteiger partial charge in [0.15, 0.2) is 0 Å². The molecular weight excluding hydrogens is 349 g/mol. The summed E-state index contributed by atoms with van der Waals surface area (Å²) in [5.41, 5.74) is 0.803. The van der Waals surface area contributed by atoms with E-state index >= 15 is 0 Å². The minimum absolute atomic E-state index is 0.0211. The van der Waals surface area contributed by atoms with Gasteiger partial charge in [-0.3, -0.25) is 4.79 Å². The molecule has 0 fully saturated rings. The molecule has 0 aliphatic carbocycles. The van der Waals surface area contributed by atoms with Gasteiger partial charge in [0.05, 0.1) is 12.8 Å². The molecule has 7 heteroatoms. The molecule has 0 N–H and O–H groups in total. The summed E-state index contributed by atoms with van der Waals surface area (Å²) in [7, 11) is 3.32. The van der Waals surface area contributed by atoms with Gasteiger partial charge in [0, 0.05) is 27.2 Å². The van der Waals surface area contributed by atoms with E-state index in [1.165, 1.54) is 21.9 Å². The third kappa shape index (κ3) is 6.13. The van der Waals surface area contributed by atoms with Gasteiger partial charge in [-0.1, -0.05) is 19.1 Å². The predicted molar refractivity (Wildman–Crippen MR) is 100 cm³/mol. The SMILES string of the molecule is CCCN(CC(=O)N(Cc1ccc(F)cc1)Cc1ccco1)C(=O)N(C)C. The van der Waals surface area contributed by atoms with Gasteiger partial charge in [0.25, 0.3) is 0 Å². The van der Waals surface area contributed by atoms with Crippen LogP contribution < -0.4 is 0 Å². The topological polar surface area (TPSA) is 57.0 Å². The normalized spacial score (nSPS) is 10.5. The van der Waals surface area contributed by atoms with E-state index in [0.717, 1.165) is 12.0 Å². The molecule has 0 radical (unpaired) electrons. The summed E-state index contributed by atoms with van der Waals surface area (Å²) in [6, 6.07) is 9.37. The van der Waals surface area contributed by atoms with Gasteiger partial charge in [-0.2, -0.15) is 0 Å². The van der Waals surface area contributed by atoms with Crippen LogP contribution in [0, 0.1) is 5.82 Å². The molecule has 2 aromatic rings. The van der Waals surface area contributed by atoms with Crippen LogP contribution in [0.5, 0.6) is 0 Å². The standard InChI is InChI=1S/C20H26FN3O3/c1-4-11-23(20(26)22(2)3)15-19(25)24(14-18-6-5-12-27-18)13-16-7-9-17(21)10-8-16/h5-10,12H,4,11,13-15H2,1-3H3. The maximum absolute atomic E-state index is 13.2. The summed E-state index contributed by atoms with van der Waals surface area (Å²) in [4.78, 5) is 29.9. The Morgan fingerprint density at radius 1 is 1.04 bits per heavy atom. The lowest BCUT2D eigenvalue weighted by atomic mass is 10.2. The Labute approximate surface area is 159 Å². The van der Waals surface area contributed by atoms with Crippen LogP contribution in [0.3, 0.4) is 0 Å². The van der Waals surface area contributed by atoms with Crippen molar-refractivity contribution in [3.05, 3.63) is 59.8 Å². The van der Waals surface area contributed by atoms with Crippen molar-refractivity contribution in [1.82, 2.24) is 14.7 Å². The first kappa shape index (κ1) is 20.5. The summed E-state index contributed by atoms with van der Waals surface area (Å²) in [6.45, 7) is 3.01. The molecule has 1 aromatic carbocycles. The van der Waals surface area contributed by atoms with Crippen molar-refractivity contribution in [2.75, 3.05) is 27.2 Å². The number of furan rings is 1. The van der Waals surface area contributed by atoms with Crippen LogP contribution in [-0.2, 0) is 17.9 Å². The quantitative estimate of drug-likeness (QED) is 0.711. The molecule has 0 saturated carbocycles. The minimum Gasteiger partial charge on any atom is -0.467 e. The molecule has 0 saturated heterocycles. The zero-order valence-corrected chi connectivity index (χ0v) is 16.0. The summed E-state index contributed by atoms with van der Waals surface area (Å²) in [5.74, 6) is 0.124. The summed E-state index contributed by atoms with van der Waals surface area (Å²) in [5, 5.41) is 0. The molecule has 0 aliphatic rings. The summed E-state index contributed by atoms with van der Waals surface area (Å²) >= 11 is 0. The van der Waals surface area contributed by atoms with E-state index in [1.54, 1.807) is 49.5 Å². The Bertz CT molecular complexity index is 729. The molecule has 0 aliphatic heterocycles. The highest BCUT2D eigenvalue weighted by atomic mass is 19.1. The van der Waals surface area contributed by atoms with Crippen LogP contribution in [0.15, 0.2) is 47.1 Å². The number of nitrogens with zero attached hydrogens (tertiary/aromatic N) is 3. The number of carbonyl (C=O) groups excluding carboxylic acids is 2. The fourth-order valence-electron chi connectivity index (χ4n) is 2.69. The van der Waals surface area contributed by atoms with Crippen molar-refractivity contribution in [1.29, 1.82) is 0 Å². The van der Waals surface area contributed by atoms with Crippen LogP contribution in [0.2, 0.25) is 0 Å². The van der Waals surface area contributed by atoms with Gasteiger partial charge in [-0.05, 0) is 36.2 Å². The average Bonchev–Trinajstić information content (AvgIpc) is 3.15. The highest BCUT2D eigenvalue weighted by molar-refractivity contribution is 5.84. The molecule has 146 valence electrons. The van der Waals surface area contributed by atoms with Crippen molar-refractivity contribution < 1.29 is 18.4 Å². The van der Waals surface area contributed by atoms with E-state index in [0.29, 0.717) is 18.8 Å². The first-order valence-corrected chi connectivity index (χ1v) is 8.91. The third-order valence-electron chi connectivity index (χ3n) is 4.04. The second-order valence-corrected chi connectivity index (χ2v) is 6.55. The van der Waals surface area contributed by atoms with Gasteiger partial charge in [-0.15, -0.1) is 0 Å². The van der Waals surface area contributed by atoms with Gasteiger partial charge >= 0.3 is 6.03 Å². The molecule has 6 nitrogen and oxygen atoms in total. The number of rotatable bonds is 8. The van der Waals surface area contributed by atoms with Gasteiger partial charge in [0.2, 0.25) is 5.91 Å². The van der Waals surface area contributed by atoms with Crippen LogP contribution in [-0.4, -0.2) is 53.8 Å². The van der Waals surface area contributed by atoms with Gasteiger partial charge in [-0.25, -0.2) is 9.18 Å². The predicted octanol–water partition coefficient (Wildman–Crippen LogP) is 3.34. The van der Waals surface area contributed by atoms with Crippen molar-refractivity contribution in [3.63, 3.8) is 0 Å². The second-order valence-electron chi connectivity index (χ2n) is 6.55. The third-order valence-corrected chi connectivity index (χ3v) is 4.04. The van der Waals surface area contributed by atoms with Crippen molar-refractivity contribution in [3.8, 4) is 0 Å². The lowest BCUT2D eigenvalue weighted by Crippen LogP contribution is -2.46. The monoisotopic (exact) mass is 375 g/mol. The maximum atomic E-state index is 13.2. The Morgan fingerprint density at radius 2 is 1.74 bits per heavy atom. The number of hydrogen-bond acceptors (Lipinski definition) is 3. The second kappa shape index (κ2) is 9.75. The van der Waals surface area contributed by atoms with E-state index in [2.05, 4.69) is 0 Å². The van der Waals surface area contributed by atoms with Crippen LogP contribution >= 0.6 is 0 Å². The fraction of sp³-hybridized carbons (Fsp3) is 0.400. The van der Waals surface area contributed by atoms with E-state index in [-0.39, 0.29) is 30.8 Å². The molecule has 0 unspecified atom stereocenters. The highest BCUT2D eigenvalue weighted by Gasteiger charge is 2.23. The van der Waals surface area contributed by atoms with Crippen LogP contribution in [0.25, 0.3) is 0 Å². The van der Waals surface area contributed by atoms with Crippen molar-refractivity contribution in [2.24, 2.45) is 0 Å². The zero-order chi connectivity index (χ0) is 19.8. The van der Waals surface area contributed by atoms with Crippen LogP contribution in [0.4, 0.5) is 9.18 Å². The largest absolute Gasteiger partial charge is 0.467 e. The van der Waals surface area contributed by atoms with Gasteiger partial charge in [0.1, 0.15) is 18.1 Å². The Morgan fingerprint density at radius 3 is 2.30 bits per heavy atom. The maximum Gasteiger partial charge on any atom is 0.319 e. The molecule has 1 aromatic heterocycles.